The summed E-state index contributed by atoms with van der Waals surface area (Å²) in [5.74, 6) is 0.980. The average molecular weight is 256 g/mol. The highest BCUT2D eigenvalue weighted by Crippen LogP contribution is 2.09. The van der Waals surface area contributed by atoms with Crippen LogP contribution in [0.5, 0.6) is 0 Å². The molecule has 0 unspecified atom stereocenters. The summed E-state index contributed by atoms with van der Waals surface area (Å²) in [5.41, 5.74) is 8.49. The summed E-state index contributed by atoms with van der Waals surface area (Å²) in [7, 11) is 0. The zero-order valence-corrected chi connectivity index (χ0v) is 10.6. The van der Waals surface area contributed by atoms with Crippen molar-refractivity contribution in [2.75, 3.05) is 6.54 Å². The number of nitrogens with two attached hydrogens (primary N) is 1. The minimum absolute atomic E-state index is 0.614. The van der Waals surface area contributed by atoms with Gasteiger partial charge in [0.2, 0.25) is 0 Å². The van der Waals surface area contributed by atoms with Crippen molar-refractivity contribution in [3.8, 4) is 0 Å². The number of aromatic nitrogens is 3. The van der Waals surface area contributed by atoms with Crippen LogP contribution in [-0.2, 0) is 19.3 Å². The zero-order chi connectivity index (χ0) is 13.1. The van der Waals surface area contributed by atoms with Crippen molar-refractivity contribution in [1.82, 2.24) is 14.4 Å². The highest BCUT2D eigenvalue weighted by atomic mass is 16.3. The first-order valence-corrected chi connectivity index (χ1v) is 6.40. The molecule has 0 radical (unpaired) electrons. The lowest BCUT2D eigenvalue weighted by Crippen LogP contribution is -2.02. The smallest absolute Gasteiger partial charge is 0.140 e. The molecule has 19 heavy (non-hydrogen) atoms. The van der Waals surface area contributed by atoms with Gasteiger partial charge in [0.05, 0.1) is 12.0 Å². The molecule has 0 spiro atoms. The number of nitrogens with zero attached hydrogens (tertiary/aromatic N) is 3. The molecule has 0 bridgehead atoms. The standard InChI is InChI=1S/C14H16N4O/c15-6-5-12-9-18-10-16-11(8-14(18)17-12)3-4-13-2-1-7-19-13/h1-2,7-10H,3-6,15H2. The van der Waals surface area contributed by atoms with E-state index in [2.05, 4.69) is 9.97 Å². The summed E-state index contributed by atoms with van der Waals surface area (Å²) < 4.78 is 7.25. The first kappa shape index (κ1) is 11.9. The van der Waals surface area contributed by atoms with Gasteiger partial charge in [0.15, 0.2) is 0 Å². The third-order valence-electron chi connectivity index (χ3n) is 3.06. The number of hydrogen-bond donors (Lipinski definition) is 1. The number of aryl methyl sites for hydroxylation is 2. The van der Waals surface area contributed by atoms with Crippen LogP contribution in [0.25, 0.3) is 5.65 Å². The maximum Gasteiger partial charge on any atom is 0.140 e. The van der Waals surface area contributed by atoms with E-state index < -0.39 is 0 Å². The SMILES string of the molecule is NCCc1cn2cnc(CCc3ccco3)cc2n1. The topological polar surface area (TPSA) is 69.3 Å². The molecule has 0 amide bonds. The van der Waals surface area contributed by atoms with Crippen LogP contribution < -0.4 is 5.73 Å². The Kier molecular flexibility index (Phi) is 3.29. The molecule has 3 rings (SSSR count). The van der Waals surface area contributed by atoms with Crippen LogP contribution in [-0.4, -0.2) is 20.9 Å². The van der Waals surface area contributed by atoms with Crippen molar-refractivity contribution in [2.24, 2.45) is 5.73 Å². The van der Waals surface area contributed by atoms with Crippen molar-refractivity contribution in [1.29, 1.82) is 0 Å². The van der Waals surface area contributed by atoms with Crippen LogP contribution in [0.15, 0.2) is 41.4 Å². The second-order valence-electron chi connectivity index (χ2n) is 4.50. The maximum atomic E-state index is 5.54. The Balaban J connectivity index is 1.77. The molecular weight excluding hydrogens is 240 g/mol. The van der Waals surface area contributed by atoms with Crippen molar-refractivity contribution in [2.45, 2.75) is 19.3 Å². The van der Waals surface area contributed by atoms with Crippen LogP contribution in [0.2, 0.25) is 0 Å². The van der Waals surface area contributed by atoms with E-state index in [1.807, 2.05) is 28.8 Å². The fourth-order valence-corrected chi connectivity index (χ4v) is 2.09. The fraction of sp³-hybridized carbons (Fsp3) is 0.286. The van der Waals surface area contributed by atoms with Gasteiger partial charge >= 0.3 is 0 Å². The van der Waals surface area contributed by atoms with E-state index in [0.29, 0.717) is 6.54 Å². The summed E-state index contributed by atoms with van der Waals surface area (Å²) in [6.45, 7) is 0.614. The largest absolute Gasteiger partial charge is 0.469 e. The first-order chi connectivity index (χ1) is 9.35. The molecule has 5 nitrogen and oxygen atoms in total. The predicted octanol–water partition coefficient (Wildman–Crippen LogP) is 1.61. The van der Waals surface area contributed by atoms with Crippen LogP contribution in [0.4, 0.5) is 0 Å². The quantitative estimate of drug-likeness (QED) is 0.753. The zero-order valence-electron chi connectivity index (χ0n) is 10.6. The lowest BCUT2D eigenvalue weighted by Gasteiger charge is -1.99. The summed E-state index contributed by atoms with van der Waals surface area (Å²) in [4.78, 5) is 8.96. The van der Waals surface area contributed by atoms with Gasteiger partial charge < -0.3 is 10.2 Å². The Hall–Kier alpha value is -2.14. The summed E-state index contributed by atoms with van der Waals surface area (Å²) in [6, 6.07) is 5.90. The van der Waals surface area contributed by atoms with Crippen LogP contribution in [0, 0.1) is 0 Å². The Morgan fingerprint density at radius 2 is 2.16 bits per heavy atom. The molecule has 0 fully saturated rings. The molecular formula is C14H16N4O. The lowest BCUT2D eigenvalue weighted by atomic mass is 10.2. The molecule has 0 aliphatic heterocycles. The molecule has 3 aromatic heterocycles. The Morgan fingerprint density at radius 1 is 1.21 bits per heavy atom. The van der Waals surface area contributed by atoms with E-state index in [4.69, 9.17) is 10.2 Å². The van der Waals surface area contributed by atoms with E-state index in [0.717, 1.165) is 42.1 Å². The van der Waals surface area contributed by atoms with E-state index >= 15 is 0 Å². The van der Waals surface area contributed by atoms with Crippen LogP contribution >= 0.6 is 0 Å². The highest BCUT2D eigenvalue weighted by Gasteiger charge is 2.04. The van der Waals surface area contributed by atoms with Crippen molar-refractivity contribution in [3.63, 3.8) is 0 Å². The van der Waals surface area contributed by atoms with Gasteiger partial charge in [-0.05, 0) is 25.1 Å². The van der Waals surface area contributed by atoms with E-state index in [9.17, 15) is 0 Å². The number of rotatable bonds is 5. The van der Waals surface area contributed by atoms with Gasteiger partial charge in [-0.1, -0.05) is 0 Å². The summed E-state index contributed by atoms with van der Waals surface area (Å²) in [6.07, 6.45) is 7.98. The fourth-order valence-electron chi connectivity index (χ4n) is 2.09. The van der Waals surface area contributed by atoms with Gasteiger partial charge in [-0.2, -0.15) is 0 Å². The van der Waals surface area contributed by atoms with Gasteiger partial charge in [0, 0.05) is 30.8 Å². The third kappa shape index (κ3) is 2.66. The Morgan fingerprint density at radius 3 is 2.95 bits per heavy atom. The number of furan rings is 1. The second-order valence-corrected chi connectivity index (χ2v) is 4.50. The van der Waals surface area contributed by atoms with Gasteiger partial charge in [-0.15, -0.1) is 0 Å². The Labute approximate surface area is 111 Å². The predicted molar refractivity (Wildman–Crippen MR) is 71.9 cm³/mol. The Bertz CT molecular complexity index is 657. The van der Waals surface area contributed by atoms with Gasteiger partial charge in [0.1, 0.15) is 17.7 Å². The second kappa shape index (κ2) is 5.24. The monoisotopic (exact) mass is 256 g/mol. The number of hydrogen-bond acceptors (Lipinski definition) is 4. The number of fused-ring (bicyclic) bond motifs is 1. The van der Waals surface area contributed by atoms with Crippen molar-refractivity contribution < 1.29 is 4.42 Å². The first-order valence-electron chi connectivity index (χ1n) is 6.40. The van der Waals surface area contributed by atoms with Crippen molar-refractivity contribution in [3.05, 3.63) is 54.1 Å². The molecule has 3 aromatic rings. The van der Waals surface area contributed by atoms with Gasteiger partial charge in [-0.3, -0.25) is 4.40 Å². The van der Waals surface area contributed by atoms with Crippen LogP contribution in [0.3, 0.4) is 0 Å². The van der Waals surface area contributed by atoms with E-state index in [-0.39, 0.29) is 0 Å². The van der Waals surface area contributed by atoms with Gasteiger partial charge in [-0.25, -0.2) is 9.97 Å². The normalized spacial score (nSPS) is 11.2. The van der Waals surface area contributed by atoms with E-state index in [1.54, 1.807) is 12.6 Å². The minimum Gasteiger partial charge on any atom is -0.469 e. The number of imidazole rings is 1. The molecule has 0 saturated heterocycles. The third-order valence-corrected chi connectivity index (χ3v) is 3.06. The molecule has 2 N–H and O–H groups in total. The molecule has 98 valence electrons. The highest BCUT2D eigenvalue weighted by molar-refractivity contribution is 5.40. The molecule has 0 saturated carbocycles. The van der Waals surface area contributed by atoms with E-state index in [1.165, 1.54) is 0 Å². The summed E-state index contributed by atoms with van der Waals surface area (Å²) >= 11 is 0. The molecule has 3 heterocycles. The minimum atomic E-state index is 0.614. The van der Waals surface area contributed by atoms with Crippen LogP contribution in [0.1, 0.15) is 17.1 Å². The average Bonchev–Trinajstić information content (AvgIpc) is 3.05. The molecule has 0 atom stereocenters. The van der Waals surface area contributed by atoms with Crippen molar-refractivity contribution >= 4 is 5.65 Å². The maximum absolute atomic E-state index is 5.54. The van der Waals surface area contributed by atoms with Gasteiger partial charge in [0.25, 0.3) is 0 Å². The molecule has 0 aliphatic rings. The summed E-state index contributed by atoms with van der Waals surface area (Å²) in [5, 5.41) is 0. The molecule has 0 aromatic carbocycles. The molecule has 0 aliphatic carbocycles. The lowest BCUT2D eigenvalue weighted by molar-refractivity contribution is 0.507. The molecule has 5 heteroatoms.